The van der Waals surface area contributed by atoms with Crippen molar-refractivity contribution in [1.82, 2.24) is 0 Å². The predicted molar refractivity (Wildman–Crippen MR) is 38.9 cm³/mol. The van der Waals surface area contributed by atoms with Crippen molar-refractivity contribution < 1.29 is 27.1 Å². The topological polar surface area (TPSA) is 26.3 Å². The lowest BCUT2D eigenvalue weighted by atomic mass is 10.4. The quantitative estimate of drug-likeness (QED) is 0.398. The second kappa shape index (κ2) is 7.57. The first-order valence-electron chi connectivity index (χ1n) is 3.19. The maximum Gasteiger partial charge on any atom is 0.392 e. The summed E-state index contributed by atoms with van der Waals surface area (Å²) in [5.74, 6) is -0.839. The van der Waals surface area contributed by atoms with E-state index in [1.165, 1.54) is 0 Å². The molecule has 0 N–H and O–H groups in total. The van der Waals surface area contributed by atoms with Gasteiger partial charge in [-0.1, -0.05) is 6.58 Å². The van der Waals surface area contributed by atoms with Crippen LogP contribution in [0.1, 0.15) is 6.42 Å². The highest BCUT2D eigenvalue weighted by molar-refractivity contribution is 5.81. The minimum Gasteiger partial charge on any atom is -0.462 e. The number of halogens is 4. The summed E-state index contributed by atoms with van der Waals surface area (Å²) >= 11 is 0. The highest BCUT2D eigenvalue weighted by Crippen LogP contribution is 2.18. The van der Waals surface area contributed by atoms with Crippen LogP contribution in [0.2, 0.25) is 0 Å². The molecule has 0 aromatic rings. The third-order valence-corrected chi connectivity index (χ3v) is 0.797. The van der Waals surface area contributed by atoms with Crippen molar-refractivity contribution in [3.63, 3.8) is 0 Å². The van der Waals surface area contributed by atoms with E-state index in [0.717, 1.165) is 6.08 Å². The van der Waals surface area contributed by atoms with Crippen LogP contribution >= 0.6 is 0 Å². The van der Waals surface area contributed by atoms with Crippen molar-refractivity contribution >= 4 is 5.97 Å². The van der Waals surface area contributed by atoms with Crippen LogP contribution in [0, 0.1) is 0 Å². The van der Waals surface area contributed by atoms with Gasteiger partial charge in [-0.25, -0.2) is 4.79 Å². The van der Waals surface area contributed by atoms with Gasteiger partial charge in [0.15, 0.2) is 0 Å². The van der Waals surface area contributed by atoms with E-state index in [9.17, 15) is 22.4 Å². The summed E-state index contributed by atoms with van der Waals surface area (Å²) in [6.45, 7) is 2.38. The minimum atomic E-state index is -4.28. The van der Waals surface area contributed by atoms with Crippen molar-refractivity contribution in [3.05, 3.63) is 12.7 Å². The van der Waals surface area contributed by atoms with Gasteiger partial charge >= 0.3 is 12.1 Å². The van der Waals surface area contributed by atoms with E-state index in [4.69, 9.17) is 0 Å². The van der Waals surface area contributed by atoms with E-state index < -0.39 is 25.2 Å². The Hall–Kier alpha value is -1.07. The summed E-state index contributed by atoms with van der Waals surface area (Å²) in [6, 6.07) is 0. The second-order valence-corrected chi connectivity index (χ2v) is 1.74. The van der Waals surface area contributed by atoms with Gasteiger partial charge in [0.1, 0.15) is 6.61 Å². The molecule has 0 rings (SSSR count). The number of carbonyl (C=O) groups is 1. The third-order valence-electron chi connectivity index (χ3n) is 0.797. The normalized spacial score (nSPS) is 9.62. The third kappa shape index (κ3) is 13.9. The van der Waals surface area contributed by atoms with Crippen LogP contribution in [0.3, 0.4) is 0 Å². The monoisotopic (exact) mass is 202 g/mol. The molecule has 13 heavy (non-hydrogen) atoms. The van der Waals surface area contributed by atoms with Crippen LogP contribution in [0.25, 0.3) is 0 Å². The summed E-state index contributed by atoms with van der Waals surface area (Å²) < 4.78 is 47.8. The maximum absolute atomic E-state index is 11.4. The first-order valence-corrected chi connectivity index (χ1v) is 3.19. The number of hydrogen-bond donors (Lipinski definition) is 0. The van der Waals surface area contributed by atoms with Crippen molar-refractivity contribution in [2.75, 3.05) is 13.8 Å². The molecule has 78 valence electrons. The number of rotatable bonds is 3. The maximum atomic E-state index is 11.4. The van der Waals surface area contributed by atoms with Crippen LogP contribution in [0.5, 0.6) is 0 Å². The molecule has 0 aromatic carbocycles. The summed E-state index contributed by atoms with van der Waals surface area (Å²) in [7, 11) is 0.500. The van der Waals surface area contributed by atoms with Crippen molar-refractivity contribution in [3.8, 4) is 0 Å². The van der Waals surface area contributed by atoms with Gasteiger partial charge in [0.25, 0.3) is 0 Å². The molecule has 0 aliphatic rings. The first-order chi connectivity index (χ1) is 5.95. The summed E-state index contributed by atoms with van der Waals surface area (Å²) in [6.07, 6.45) is -4.58. The number of ether oxygens (including phenoxy) is 1. The molecule has 0 atom stereocenters. The zero-order valence-corrected chi connectivity index (χ0v) is 7.03. The van der Waals surface area contributed by atoms with Gasteiger partial charge in [-0.2, -0.15) is 13.2 Å². The Kier molecular flexibility index (Phi) is 8.42. The van der Waals surface area contributed by atoms with Gasteiger partial charge in [0.2, 0.25) is 0 Å². The van der Waals surface area contributed by atoms with Gasteiger partial charge in [0.05, 0.1) is 13.6 Å². The molecule has 0 aliphatic heterocycles. The molecular formula is C7H10F4O2. The molecule has 0 amide bonds. The van der Waals surface area contributed by atoms with Gasteiger partial charge in [-0.05, 0) is 0 Å². The zero-order valence-electron chi connectivity index (χ0n) is 7.03. The van der Waals surface area contributed by atoms with E-state index in [-0.39, 0.29) is 0 Å². The fourth-order valence-electron chi connectivity index (χ4n) is 0.326. The largest absolute Gasteiger partial charge is 0.462 e. The zero-order chi connectivity index (χ0) is 10.9. The highest BCUT2D eigenvalue weighted by atomic mass is 19.4. The smallest absolute Gasteiger partial charge is 0.392 e. The Labute approximate surface area is 73.2 Å². The Morgan fingerprint density at radius 2 is 1.92 bits per heavy atom. The summed E-state index contributed by atoms with van der Waals surface area (Å²) in [4.78, 5) is 10.2. The van der Waals surface area contributed by atoms with Crippen LogP contribution < -0.4 is 0 Å². The molecular weight excluding hydrogens is 192 g/mol. The molecule has 0 radical (unpaired) electrons. The lowest BCUT2D eigenvalue weighted by molar-refractivity contribution is -0.155. The molecule has 6 heteroatoms. The Morgan fingerprint density at radius 3 is 2.23 bits per heavy atom. The van der Waals surface area contributed by atoms with Crippen molar-refractivity contribution in [1.29, 1.82) is 0 Å². The van der Waals surface area contributed by atoms with Crippen molar-refractivity contribution in [2.24, 2.45) is 0 Å². The van der Waals surface area contributed by atoms with Crippen molar-refractivity contribution in [2.45, 2.75) is 12.6 Å². The molecule has 0 unspecified atom stereocenters. The van der Waals surface area contributed by atoms with Crippen LogP contribution in [-0.4, -0.2) is 25.9 Å². The van der Waals surface area contributed by atoms with Gasteiger partial charge in [0, 0.05) is 6.08 Å². The number of hydrogen-bond acceptors (Lipinski definition) is 2. The summed E-state index contributed by atoms with van der Waals surface area (Å²) in [5, 5.41) is 0. The molecule has 0 spiro atoms. The predicted octanol–water partition coefficient (Wildman–Crippen LogP) is 2.25. The molecule has 0 bridgehead atoms. The number of alkyl halides is 4. The van der Waals surface area contributed by atoms with E-state index >= 15 is 0 Å². The Bertz CT molecular complexity index is 153. The molecule has 0 saturated carbocycles. The van der Waals surface area contributed by atoms with E-state index in [0.29, 0.717) is 7.18 Å². The molecule has 2 nitrogen and oxygen atoms in total. The lowest BCUT2D eigenvalue weighted by Crippen LogP contribution is -2.13. The van der Waals surface area contributed by atoms with E-state index in [2.05, 4.69) is 11.3 Å². The fourth-order valence-corrected chi connectivity index (χ4v) is 0.326. The molecule has 0 aromatic heterocycles. The Morgan fingerprint density at radius 1 is 1.46 bits per heavy atom. The highest BCUT2D eigenvalue weighted by Gasteiger charge is 2.26. The lowest BCUT2D eigenvalue weighted by Gasteiger charge is -2.04. The standard InChI is InChI=1S/C6H7F3O2.CH3F/c1-2-5(10)11-4-3-6(7,8)9;1-2/h2H,1,3-4H2;1H3. The minimum absolute atomic E-state index is 0.500. The van der Waals surface area contributed by atoms with E-state index in [1.807, 2.05) is 0 Å². The molecule has 0 fully saturated rings. The van der Waals surface area contributed by atoms with Gasteiger partial charge < -0.3 is 4.74 Å². The van der Waals surface area contributed by atoms with Gasteiger partial charge in [-0.3, -0.25) is 4.39 Å². The first kappa shape index (κ1) is 14.5. The molecule has 0 heterocycles. The summed E-state index contributed by atoms with van der Waals surface area (Å²) in [5.41, 5.74) is 0. The average Bonchev–Trinajstić information content (AvgIpc) is 2.05. The number of esters is 1. The van der Waals surface area contributed by atoms with Crippen LogP contribution in [0.15, 0.2) is 12.7 Å². The average molecular weight is 202 g/mol. The van der Waals surface area contributed by atoms with Gasteiger partial charge in [-0.15, -0.1) is 0 Å². The van der Waals surface area contributed by atoms with Crippen LogP contribution in [0.4, 0.5) is 17.6 Å². The van der Waals surface area contributed by atoms with Crippen LogP contribution in [-0.2, 0) is 9.53 Å². The second-order valence-electron chi connectivity index (χ2n) is 1.74. The SMILES string of the molecule is C=CC(=O)OCCC(F)(F)F.CF. The van der Waals surface area contributed by atoms with E-state index in [1.54, 1.807) is 0 Å². The molecule has 0 aliphatic carbocycles. The molecule has 0 saturated heterocycles. The fraction of sp³-hybridized carbons (Fsp3) is 0.571. The Balaban J connectivity index is 0. The number of carbonyl (C=O) groups excluding carboxylic acids is 1.